The summed E-state index contributed by atoms with van der Waals surface area (Å²) in [6.45, 7) is 9.42. The molecule has 5 nitrogen and oxygen atoms in total. The van der Waals surface area contributed by atoms with Crippen LogP contribution in [0.3, 0.4) is 0 Å². The third kappa shape index (κ3) is 3.80. The van der Waals surface area contributed by atoms with Gasteiger partial charge >= 0.3 is 5.97 Å². The highest BCUT2D eigenvalue weighted by Gasteiger charge is 2.45. The predicted molar refractivity (Wildman–Crippen MR) is 89.2 cm³/mol. The second-order valence-electron chi connectivity index (χ2n) is 7.38. The smallest absolute Gasteiger partial charge is 0.332 e. The molecule has 130 valence electrons. The number of nitrogens with zero attached hydrogens (tertiary/aromatic N) is 2. The minimum atomic E-state index is -0.632. The van der Waals surface area contributed by atoms with Gasteiger partial charge in [0.05, 0.1) is 11.3 Å². The highest BCUT2D eigenvalue weighted by atomic mass is 19.1. The molecule has 0 bridgehead atoms. The van der Waals surface area contributed by atoms with Gasteiger partial charge in [0.25, 0.3) is 0 Å². The van der Waals surface area contributed by atoms with Gasteiger partial charge in [-0.2, -0.15) is 0 Å². The van der Waals surface area contributed by atoms with E-state index in [9.17, 15) is 14.0 Å². The number of rotatable bonds is 2. The number of piperidine rings is 1. The third-order valence-corrected chi connectivity index (χ3v) is 4.14. The second-order valence-corrected chi connectivity index (χ2v) is 7.38. The lowest BCUT2D eigenvalue weighted by atomic mass is 9.78. The zero-order valence-electron chi connectivity index (χ0n) is 14.7. The van der Waals surface area contributed by atoms with E-state index >= 15 is 0 Å². The number of oxime groups is 1. The molecule has 0 spiro atoms. The van der Waals surface area contributed by atoms with E-state index in [0.29, 0.717) is 12.8 Å². The lowest BCUT2D eigenvalue weighted by molar-refractivity contribution is -0.142. The van der Waals surface area contributed by atoms with Crippen molar-refractivity contribution in [2.24, 2.45) is 5.16 Å². The monoisotopic (exact) mass is 334 g/mol. The Balaban J connectivity index is 2.15. The molecule has 1 aromatic rings. The van der Waals surface area contributed by atoms with Crippen LogP contribution >= 0.6 is 0 Å². The van der Waals surface area contributed by atoms with Crippen LogP contribution in [0.4, 0.5) is 4.39 Å². The van der Waals surface area contributed by atoms with Crippen LogP contribution in [-0.4, -0.2) is 33.6 Å². The molecule has 0 unspecified atom stereocenters. The highest BCUT2D eigenvalue weighted by Crippen LogP contribution is 2.37. The summed E-state index contributed by atoms with van der Waals surface area (Å²) in [5.41, 5.74) is 0.113. The average Bonchev–Trinajstić information content (AvgIpc) is 2.42. The summed E-state index contributed by atoms with van der Waals surface area (Å²) in [4.78, 5) is 30.8. The fourth-order valence-electron chi connectivity index (χ4n) is 3.70. The molecule has 1 saturated heterocycles. The molecular formula is C18H23FN2O3. The van der Waals surface area contributed by atoms with Gasteiger partial charge in [-0.25, -0.2) is 9.18 Å². The summed E-state index contributed by atoms with van der Waals surface area (Å²) >= 11 is 0. The number of carbonyl (C=O) groups excluding carboxylic acids is 2. The standard InChI is InChI=1S/C18H23FN2O3/c1-12(22)21-17(2,3)10-15(11-18(21,4)5)20-24-16(23)13-6-8-14(19)9-7-13/h6-9H,10-11H2,1-5H3. The maximum absolute atomic E-state index is 12.9. The van der Waals surface area contributed by atoms with Gasteiger partial charge in [0.15, 0.2) is 0 Å². The molecule has 0 N–H and O–H groups in total. The van der Waals surface area contributed by atoms with Crippen LogP contribution in [0.5, 0.6) is 0 Å². The van der Waals surface area contributed by atoms with Crippen molar-refractivity contribution >= 4 is 17.6 Å². The summed E-state index contributed by atoms with van der Waals surface area (Å²) in [7, 11) is 0. The van der Waals surface area contributed by atoms with E-state index in [1.807, 2.05) is 32.6 Å². The molecule has 1 fully saturated rings. The molecule has 0 saturated carbocycles. The Hall–Kier alpha value is -2.24. The molecule has 2 rings (SSSR count). The molecule has 24 heavy (non-hydrogen) atoms. The van der Waals surface area contributed by atoms with E-state index in [-0.39, 0.29) is 11.5 Å². The summed E-state index contributed by atoms with van der Waals surface area (Å²) < 4.78 is 12.9. The summed E-state index contributed by atoms with van der Waals surface area (Å²) in [6, 6.07) is 5.09. The van der Waals surface area contributed by atoms with E-state index in [0.717, 1.165) is 5.71 Å². The van der Waals surface area contributed by atoms with Crippen molar-refractivity contribution in [1.29, 1.82) is 0 Å². The van der Waals surface area contributed by atoms with Crippen molar-refractivity contribution in [3.05, 3.63) is 35.6 Å². The molecule has 0 atom stereocenters. The molecule has 1 aliphatic rings. The molecular weight excluding hydrogens is 311 g/mol. The van der Waals surface area contributed by atoms with Gasteiger partial charge in [-0.3, -0.25) is 4.79 Å². The van der Waals surface area contributed by atoms with Crippen molar-refractivity contribution in [1.82, 2.24) is 4.90 Å². The van der Waals surface area contributed by atoms with Crippen LogP contribution < -0.4 is 0 Å². The van der Waals surface area contributed by atoms with Gasteiger partial charge < -0.3 is 9.74 Å². The number of halogens is 1. The number of likely N-dealkylation sites (tertiary alicyclic amines) is 1. The fourth-order valence-corrected chi connectivity index (χ4v) is 3.70. The average molecular weight is 334 g/mol. The molecule has 1 amide bonds. The number of amides is 1. The van der Waals surface area contributed by atoms with Gasteiger partial charge in [-0.15, -0.1) is 0 Å². The quantitative estimate of drug-likeness (QED) is 0.614. The SMILES string of the molecule is CC(=O)N1C(C)(C)CC(=NOC(=O)c2ccc(F)cc2)CC1(C)C. The van der Waals surface area contributed by atoms with Gasteiger partial charge in [-0.1, -0.05) is 5.16 Å². The first-order valence-corrected chi connectivity index (χ1v) is 7.86. The van der Waals surface area contributed by atoms with E-state index in [1.54, 1.807) is 6.92 Å². The van der Waals surface area contributed by atoms with E-state index < -0.39 is 22.9 Å². The summed E-state index contributed by atoms with van der Waals surface area (Å²) in [5, 5.41) is 4.00. The van der Waals surface area contributed by atoms with Crippen LogP contribution in [0.25, 0.3) is 0 Å². The fraction of sp³-hybridized carbons (Fsp3) is 0.500. The Morgan fingerprint density at radius 3 is 2.04 bits per heavy atom. The third-order valence-electron chi connectivity index (χ3n) is 4.14. The first-order chi connectivity index (χ1) is 11.0. The Morgan fingerprint density at radius 1 is 1.08 bits per heavy atom. The molecule has 1 heterocycles. The summed E-state index contributed by atoms with van der Waals surface area (Å²) in [5.74, 6) is -1.04. The largest absolute Gasteiger partial charge is 0.365 e. The van der Waals surface area contributed by atoms with Crippen molar-refractivity contribution < 1.29 is 18.8 Å². The van der Waals surface area contributed by atoms with Gasteiger partial charge in [-0.05, 0) is 52.0 Å². The number of hydrogen-bond acceptors (Lipinski definition) is 4. The van der Waals surface area contributed by atoms with Crippen molar-refractivity contribution in [2.75, 3.05) is 0 Å². The van der Waals surface area contributed by atoms with Gasteiger partial charge in [0.1, 0.15) is 5.82 Å². The lowest BCUT2D eigenvalue weighted by Gasteiger charge is -2.52. The minimum Gasteiger partial charge on any atom is -0.332 e. The van der Waals surface area contributed by atoms with Crippen molar-refractivity contribution in [2.45, 2.75) is 58.5 Å². The van der Waals surface area contributed by atoms with Crippen LogP contribution in [0.2, 0.25) is 0 Å². The van der Waals surface area contributed by atoms with Crippen LogP contribution in [0.15, 0.2) is 29.4 Å². The van der Waals surface area contributed by atoms with Crippen LogP contribution in [-0.2, 0) is 9.63 Å². The number of hydrogen-bond donors (Lipinski definition) is 0. The number of benzene rings is 1. The Labute approximate surface area is 141 Å². The maximum atomic E-state index is 12.9. The molecule has 1 aromatic carbocycles. The van der Waals surface area contributed by atoms with Gasteiger partial charge in [0.2, 0.25) is 5.91 Å². The number of carbonyl (C=O) groups is 2. The zero-order chi connectivity index (χ0) is 18.1. The molecule has 6 heteroatoms. The van der Waals surface area contributed by atoms with E-state index in [4.69, 9.17) is 4.84 Å². The predicted octanol–water partition coefficient (Wildman–Crippen LogP) is 3.54. The maximum Gasteiger partial charge on any atom is 0.365 e. The van der Waals surface area contributed by atoms with Crippen LogP contribution in [0.1, 0.15) is 57.8 Å². The van der Waals surface area contributed by atoms with Crippen molar-refractivity contribution in [3.63, 3.8) is 0 Å². The normalized spacial score (nSPS) is 18.9. The van der Waals surface area contributed by atoms with E-state index in [2.05, 4.69) is 5.16 Å². The molecule has 0 aliphatic carbocycles. The molecule has 1 aliphatic heterocycles. The molecule has 0 radical (unpaired) electrons. The zero-order valence-corrected chi connectivity index (χ0v) is 14.7. The summed E-state index contributed by atoms with van der Waals surface area (Å²) in [6.07, 6.45) is 1.04. The van der Waals surface area contributed by atoms with E-state index in [1.165, 1.54) is 24.3 Å². The van der Waals surface area contributed by atoms with Gasteiger partial charge in [0, 0.05) is 30.8 Å². The topological polar surface area (TPSA) is 59.0 Å². The minimum absolute atomic E-state index is 0.00681. The Morgan fingerprint density at radius 2 is 1.58 bits per heavy atom. The Kier molecular flexibility index (Phi) is 4.78. The van der Waals surface area contributed by atoms with Crippen LogP contribution in [0, 0.1) is 5.82 Å². The highest BCUT2D eigenvalue weighted by molar-refractivity contribution is 5.92. The first-order valence-electron chi connectivity index (χ1n) is 7.86. The van der Waals surface area contributed by atoms with Crippen molar-refractivity contribution in [3.8, 4) is 0 Å². The first kappa shape index (κ1) is 18.1. The lowest BCUT2D eigenvalue weighted by Crippen LogP contribution is -2.62. The Bertz CT molecular complexity index is 658. The molecule has 0 aromatic heterocycles. The second kappa shape index (κ2) is 6.34.